The first-order chi connectivity index (χ1) is 5.66. The van der Waals surface area contributed by atoms with E-state index in [0.717, 1.165) is 18.8 Å². The number of hydrogen-bond donors (Lipinski definition) is 1. The first kappa shape index (κ1) is 9.35. The van der Waals surface area contributed by atoms with E-state index in [0.29, 0.717) is 4.51 Å². The van der Waals surface area contributed by atoms with Gasteiger partial charge < -0.3 is 10.2 Å². The zero-order valence-electron chi connectivity index (χ0n) is 7.26. The van der Waals surface area contributed by atoms with Gasteiger partial charge in [-0.15, -0.1) is 0 Å². The molecule has 3 nitrogen and oxygen atoms in total. The number of nitrogens with one attached hydrogen (secondary N) is 1. The smallest absolute Gasteiger partial charge is 0.219 e. The fraction of sp³-hybridized carbons (Fsp3) is 0.500. The highest BCUT2D eigenvalue weighted by Gasteiger charge is 2.09. The molecule has 1 aromatic rings. The van der Waals surface area contributed by atoms with E-state index in [2.05, 4.69) is 5.32 Å². The van der Waals surface area contributed by atoms with Gasteiger partial charge in [0.25, 0.3) is 0 Å². The molecule has 12 heavy (non-hydrogen) atoms. The fourth-order valence-corrected chi connectivity index (χ4v) is 1.20. The van der Waals surface area contributed by atoms with Gasteiger partial charge in [-0.25, -0.2) is 0 Å². The fourth-order valence-electron chi connectivity index (χ4n) is 0.987. The zero-order chi connectivity index (χ0) is 9.14. The van der Waals surface area contributed by atoms with Crippen LogP contribution < -0.4 is 15.6 Å². The summed E-state index contributed by atoms with van der Waals surface area (Å²) in [7, 11) is 3.78. The molecule has 0 spiro atoms. The Kier molecular flexibility index (Phi) is 2.94. The van der Waals surface area contributed by atoms with Gasteiger partial charge in [0.05, 0.1) is 10.2 Å². The monoisotopic (exact) mass is 184 g/mol. The van der Waals surface area contributed by atoms with Gasteiger partial charge in [-0.3, -0.25) is 4.79 Å². The molecule has 4 heteroatoms. The quantitative estimate of drug-likeness (QED) is 0.682. The Balaban J connectivity index is 2.56. The molecule has 0 amide bonds. The lowest BCUT2D eigenvalue weighted by Crippen LogP contribution is -2.32. The van der Waals surface area contributed by atoms with Gasteiger partial charge in [0, 0.05) is 20.1 Å². The summed E-state index contributed by atoms with van der Waals surface area (Å²) in [6, 6.07) is 1.74. The molecule has 1 rings (SSSR count). The second-order valence-electron chi connectivity index (χ2n) is 2.75. The van der Waals surface area contributed by atoms with Gasteiger partial charge in [0.15, 0.2) is 0 Å². The van der Waals surface area contributed by atoms with Gasteiger partial charge in [-0.2, -0.15) is 0 Å². The van der Waals surface area contributed by atoms with Crippen LogP contribution in [0.3, 0.4) is 0 Å². The van der Waals surface area contributed by atoms with E-state index in [1.807, 2.05) is 19.0 Å². The first-order valence-corrected chi connectivity index (χ1v) is 4.23. The van der Waals surface area contributed by atoms with Crippen LogP contribution in [0.2, 0.25) is 0 Å². The highest BCUT2D eigenvalue weighted by atomic mass is 32.1. The van der Waals surface area contributed by atoms with Crippen molar-refractivity contribution in [2.75, 3.05) is 32.1 Å². The van der Waals surface area contributed by atoms with Crippen molar-refractivity contribution in [3.63, 3.8) is 0 Å². The van der Waals surface area contributed by atoms with Crippen LogP contribution in [0.1, 0.15) is 0 Å². The minimum absolute atomic E-state index is 0.00334. The summed E-state index contributed by atoms with van der Waals surface area (Å²) in [5, 5.41) is 3.01. The molecule has 0 aliphatic carbocycles. The Morgan fingerprint density at radius 1 is 1.67 bits per heavy atom. The van der Waals surface area contributed by atoms with Crippen molar-refractivity contribution in [1.82, 2.24) is 5.32 Å². The van der Waals surface area contributed by atoms with E-state index in [1.165, 1.54) is 0 Å². The highest BCUT2D eigenvalue weighted by Crippen LogP contribution is 2.08. The molecule has 0 saturated carbocycles. The van der Waals surface area contributed by atoms with E-state index in [-0.39, 0.29) is 5.43 Å². The van der Waals surface area contributed by atoms with E-state index in [9.17, 15) is 4.79 Å². The summed E-state index contributed by atoms with van der Waals surface area (Å²) in [5.74, 6) is 0. The number of nitrogens with zero attached hydrogens (tertiary/aromatic N) is 1. The van der Waals surface area contributed by atoms with Crippen molar-refractivity contribution in [2.45, 2.75) is 0 Å². The minimum Gasteiger partial charge on any atom is -0.370 e. The Labute approximate surface area is 76.7 Å². The normalized spacial score (nSPS) is 10.5. The van der Waals surface area contributed by atoms with Gasteiger partial charge in [0.2, 0.25) is 5.43 Å². The third-order valence-electron chi connectivity index (χ3n) is 1.83. The molecule has 0 heterocycles. The molecule has 0 unspecified atom stereocenters. The predicted molar refractivity (Wildman–Crippen MR) is 53.1 cm³/mol. The Morgan fingerprint density at radius 2 is 2.33 bits per heavy atom. The van der Waals surface area contributed by atoms with Crippen LogP contribution in [0, 0.1) is 4.51 Å². The molecule has 1 N–H and O–H groups in total. The van der Waals surface area contributed by atoms with Crippen molar-refractivity contribution < 1.29 is 0 Å². The first-order valence-electron chi connectivity index (χ1n) is 3.83. The maximum absolute atomic E-state index is 11.1. The van der Waals surface area contributed by atoms with Crippen molar-refractivity contribution in [1.29, 1.82) is 0 Å². The van der Waals surface area contributed by atoms with Crippen molar-refractivity contribution in [2.24, 2.45) is 0 Å². The van der Waals surface area contributed by atoms with Crippen LogP contribution in [0.5, 0.6) is 0 Å². The standard InChI is InChI=1S/C8H12N2OS/c1-9-3-4-10(2)6-5-7(12)8(6)11/h5,9H,3-4H2,1-2H3. The van der Waals surface area contributed by atoms with E-state index >= 15 is 0 Å². The molecule has 0 atom stereocenters. The van der Waals surface area contributed by atoms with Gasteiger partial charge in [-0.1, -0.05) is 12.2 Å². The van der Waals surface area contributed by atoms with Crippen molar-refractivity contribution in [3.05, 3.63) is 20.8 Å². The van der Waals surface area contributed by atoms with Gasteiger partial charge in [-0.05, 0) is 13.1 Å². The minimum atomic E-state index is 0.00334. The average molecular weight is 184 g/mol. The Bertz CT molecular complexity index is 327. The molecule has 0 fully saturated rings. The molecule has 66 valence electrons. The maximum Gasteiger partial charge on any atom is 0.219 e. The van der Waals surface area contributed by atoms with E-state index in [1.54, 1.807) is 6.07 Å². The molecule has 0 aromatic heterocycles. The van der Waals surface area contributed by atoms with Crippen LogP contribution in [-0.2, 0) is 0 Å². The topological polar surface area (TPSA) is 32.3 Å². The predicted octanol–water partition coefficient (Wildman–Crippen LogP) is 0.307. The summed E-state index contributed by atoms with van der Waals surface area (Å²) in [4.78, 5) is 13.0. The number of anilines is 1. The molecular formula is C8H12N2OS. The Morgan fingerprint density at radius 3 is 2.75 bits per heavy atom. The van der Waals surface area contributed by atoms with Crippen LogP contribution >= 0.6 is 12.2 Å². The van der Waals surface area contributed by atoms with Crippen LogP contribution in [0.25, 0.3) is 0 Å². The third-order valence-corrected chi connectivity index (χ3v) is 2.14. The summed E-state index contributed by atoms with van der Waals surface area (Å²) in [5.41, 5.74) is 0.735. The lowest BCUT2D eigenvalue weighted by Gasteiger charge is -2.19. The molecule has 1 aromatic carbocycles. The molecule has 0 bridgehead atoms. The summed E-state index contributed by atoms with van der Waals surface area (Å²) in [6.45, 7) is 1.70. The average Bonchev–Trinajstić information content (AvgIpc) is 2.09. The summed E-state index contributed by atoms with van der Waals surface area (Å²) in [6.07, 6.45) is 0. The summed E-state index contributed by atoms with van der Waals surface area (Å²) >= 11 is 4.75. The zero-order valence-corrected chi connectivity index (χ0v) is 8.07. The van der Waals surface area contributed by atoms with Crippen LogP contribution in [0.4, 0.5) is 5.69 Å². The lowest BCUT2D eigenvalue weighted by atomic mass is 10.2. The van der Waals surface area contributed by atoms with E-state index < -0.39 is 0 Å². The highest BCUT2D eigenvalue weighted by molar-refractivity contribution is 7.71. The number of likely N-dealkylation sites (N-methyl/N-ethyl adjacent to an activating group) is 2. The largest absolute Gasteiger partial charge is 0.370 e. The summed E-state index contributed by atoms with van der Waals surface area (Å²) < 4.78 is 0.446. The Hall–Kier alpha value is -0.740. The molecule has 0 aliphatic rings. The molecule has 0 saturated heterocycles. The maximum atomic E-state index is 11.1. The second kappa shape index (κ2) is 3.78. The molecule has 0 radical (unpaired) electrons. The van der Waals surface area contributed by atoms with Crippen LogP contribution in [-0.4, -0.2) is 27.2 Å². The lowest BCUT2D eigenvalue weighted by molar-refractivity contribution is 0.765. The number of rotatable bonds is 4. The van der Waals surface area contributed by atoms with Gasteiger partial charge in [0.1, 0.15) is 0 Å². The third kappa shape index (κ3) is 1.70. The van der Waals surface area contributed by atoms with Crippen molar-refractivity contribution >= 4 is 17.9 Å². The molecule has 0 aliphatic heterocycles. The second-order valence-corrected chi connectivity index (χ2v) is 3.19. The van der Waals surface area contributed by atoms with Crippen molar-refractivity contribution in [3.8, 4) is 0 Å². The number of hydrogen-bond acceptors (Lipinski definition) is 4. The van der Waals surface area contributed by atoms with Gasteiger partial charge >= 0.3 is 0 Å². The van der Waals surface area contributed by atoms with E-state index in [4.69, 9.17) is 12.2 Å². The SMILES string of the molecule is CNCCN(C)c1cc(=S)c1=O. The molecular weight excluding hydrogens is 172 g/mol. The van der Waals surface area contributed by atoms with Crippen LogP contribution in [0.15, 0.2) is 10.9 Å².